The summed E-state index contributed by atoms with van der Waals surface area (Å²) < 4.78 is 17.6. The van der Waals surface area contributed by atoms with Crippen LogP contribution in [-0.4, -0.2) is 25.7 Å². The number of esters is 1. The molecule has 0 aromatic heterocycles. The van der Waals surface area contributed by atoms with Crippen molar-refractivity contribution in [3.05, 3.63) is 11.4 Å². The fourth-order valence-electron chi connectivity index (χ4n) is 1.09. The Labute approximate surface area is 70.6 Å². The van der Waals surface area contributed by atoms with Crippen LogP contribution in [0.4, 0.5) is 4.39 Å². The van der Waals surface area contributed by atoms with Crippen LogP contribution >= 0.6 is 0 Å². The molecule has 4 heteroatoms. The topological polar surface area (TPSA) is 38.3 Å². The van der Waals surface area contributed by atoms with Gasteiger partial charge >= 0.3 is 5.97 Å². The number of hydrogen-bond donors (Lipinski definition) is 1. The minimum Gasteiger partial charge on any atom is -0.461 e. The molecule has 1 aliphatic rings. The predicted molar refractivity (Wildman–Crippen MR) is 42.3 cm³/mol. The molecule has 0 amide bonds. The van der Waals surface area contributed by atoms with Gasteiger partial charge in [0.25, 0.3) is 0 Å². The van der Waals surface area contributed by atoms with E-state index in [2.05, 4.69) is 10.1 Å². The first-order valence-electron chi connectivity index (χ1n) is 4.01. The second-order valence-electron chi connectivity index (χ2n) is 2.56. The number of ether oxygens (including phenoxy) is 1. The lowest BCUT2D eigenvalue weighted by molar-refractivity contribution is -0.140. The zero-order chi connectivity index (χ0) is 8.97. The second kappa shape index (κ2) is 4.21. The Morgan fingerprint density at radius 3 is 3.00 bits per heavy atom. The van der Waals surface area contributed by atoms with Crippen LogP contribution in [0.25, 0.3) is 0 Å². The zero-order valence-electron chi connectivity index (χ0n) is 7.02. The van der Waals surface area contributed by atoms with Crippen LogP contribution in [-0.2, 0) is 9.53 Å². The molecular weight excluding hydrogens is 161 g/mol. The van der Waals surface area contributed by atoms with E-state index in [0.717, 1.165) is 6.54 Å². The van der Waals surface area contributed by atoms with Crippen molar-refractivity contribution in [3.8, 4) is 0 Å². The van der Waals surface area contributed by atoms with E-state index in [1.165, 1.54) is 0 Å². The molecule has 0 atom stereocenters. The fraction of sp³-hybridized carbons (Fsp3) is 0.625. The van der Waals surface area contributed by atoms with Gasteiger partial charge in [-0.3, -0.25) is 0 Å². The third-order valence-electron chi connectivity index (χ3n) is 1.71. The summed E-state index contributed by atoms with van der Waals surface area (Å²) >= 11 is 0. The van der Waals surface area contributed by atoms with Crippen LogP contribution in [0.2, 0.25) is 0 Å². The smallest absolute Gasteiger partial charge is 0.367 e. The van der Waals surface area contributed by atoms with E-state index in [9.17, 15) is 9.18 Å². The summed E-state index contributed by atoms with van der Waals surface area (Å²) in [7, 11) is 0. The van der Waals surface area contributed by atoms with Crippen molar-refractivity contribution in [2.24, 2.45) is 0 Å². The molecule has 0 radical (unpaired) electrons. The summed E-state index contributed by atoms with van der Waals surface area (Å²) in [6.45, 7) is 3.07. The molecule has 0 unspecified atom stereocenters. The molecule has 1 fully saturated rings. The normalized spacial score (nSPS) is 20.8. The van der Waals surface area contributed by atoms with E-state index in [1.54, 1.807) is 6.92 Å². The monoisotopic (exact) mass is 173 g/mol. The van der Waals surface area contributed by atoms with Crippen molar-refractivity contribution >= 4 is 5.97 Å². The minimum absolute atomic E-state index is 0.215. The van der Waals surface area contributed by atoms with Gasteiger partial charge in [-0.25, -0.2) is 4.79 Å². The molecule has 1 heterocycles. The van der Waals surface area contributed by atoms with E-state index in [1.807, 2.05) is 0 Å². The molecule has 68 valence electrons. The van der Waals surface area contributed by atoms with Gasteiger partial charge < -0.3 is 10.1 Å². The third-order valence-corrected chi connectivity index (χ3v) is 1.71. The summed E-state index contributed by atoms with van der Waals surface area (Å²) in [6, 6.07) is 0. The van der Waals surface area contributed by atoms with Crippen LogP contribution in [0, 0.1) is 0 Å². The molecule has 1 rings (SSSR count). The first-order valence-corrected chi connectivity index (χ1v) is 4.01. The number of carbonyl (C=O) groups is 1. The number of carbonyl (C=O) groups excluding carboxylic acids is 1. The van der Waals surface area contributed by atoms with Gasteiger partial charge in [0.05, 0.1) is 6.61 Å². The van der Waals surface area contributed by atoms with Crippen molar-refractivity contribution in [3.63, 3.8) is 0 Å². The lowest BCUT2D eigenvalue weighted by Gasteiger charge is -2.00. The fourth-order valence-corrected chi connectivity index (χ4v) is 1.09. The van der Waals surface area contributed by atoms with E-state index in [0.29, 0.717) is 18.5 Å². The van der Waals surface area contributed by atoms with Gasteiger partial charge in [-0.15, -0.1) is 0 Å². The Hall–Kier alpha value is -0.900. The van der Waals surface area contributed by atoms with E-state index < -0.39 is 11.8 Å². The quantitative estimate of drug-likeness (QED) is 0.495. The molecule has 1 N–H and O–H groups in total. The molecule has 0 aliphatic carbocycles. The Balaban J connectivity index is 2.60. The highest BCUT2D eigenvalue weighted by Gasteiger charge is 2.18. The Kier molecular flexibility index (Phi) is 3.22. The molecule has 0 bridgehead atoms. The highest BCUT2D eigenvalue weighted by atomic mass is 19.1. The lowest BCUT2D eigenvalue weighted by Crippen LogP contribution is -2.09. The molecule has 0 aromatic rings. The van der Waals surface area contributed by atoms with Crippen LogP contribution in [0.1, 0.15) is 13.3 Å². The average molecular weight is 173 g/mol. The van der Waals surface area contributed by atoms with E-state index in [4.69, 9.17) is 0 Å². The SMILES string of the molecule is CCOC(=O)/C(F)=C1\CCNC1. The van der Waals surface area contributed by atoms with Crippen molar-refractivity contribution in [2.75, 3.05) is 19.7 Å². The number of rotatable bonds is 2. The molecular formula is C8H12FNO2. The Morgan fingerprint density at radius 1 is 1.75 bits per heavy atom. The molecule has 12 heavy (non-hydrogen) atoms. The summed E-state index contributed by atoms with van der Waals surface area (Å²) in [5.74, 6) is -1.56. The maximum absolute atomic E-state index is 13.1. The molecule has 0 saturated carbocycles. The number of halogens is 1. The van der Waals surface area contributed by atoms with Crippen LogP contribution in [0.15, 0.2) is 11.4 Å². The maximum atomic E-state index is 13.1. The van der Waals surface area contributed by atoms with Gasteiger partial charge in [-0.05, 0) is 25.5 Å². The van der Waals surface area contributed by atoms with E-state index >= 15 is 0 Å². The molecule has 0 spiro atoms. The summed E-state index contributed by atoms with van der Waals surface area (Å²) in [5, 5.41) is 2.94. The second-order valence-corrected chi connectivity index (χ2v) is 2.56. The Morgan fingerprint density at radius 2 is 2.50 bits per heavy atom. The predicted octanol–water partition coefficient (Wildman–Crippen LogP) is 0.766. The van der Waals surface area contributed by atoms with Crippen molar-refractivity contribution in [1.82, 2.24) is 5.32 Å². The van der Waals surface area contributed by atoms with Gasteiger partial charge in [0.2, 0.25) is 5.83 Å². The summed E-state index contributed by atoms with van der Waals surface area (Å²) in [5.41, 5.74) is 0.522. The third kappa shape index (κ3) is 2.04. The van der Waals surface area contributed by atoms with Crippen LogP contribution in [0.3, 0.4) is 0 Å². The summed E-state index contributed by atoms with van der Waals surface area (Å²) in [4.78, 5) is 10.8. The zero-order valence-corrected chi connectivity index (χ0v) is 7.02. The van der Waals surface area contributed by atoms with Crippen molar-refractivity contribution < 1.29 is 13.9 Å². The first-order chi connectivity index (χ1) is 5.75. The minimum atomic E-state index is -0.837. The molecule has 1 saturated heterocycles. The number of nitrogens with one attached hydrogen (secondary N) is 1. The molecule has 1 aliphatic heterocycles. The largest absolute Gasteiger partial charge is 0.461 e. The van der Waals surface area contributed by atoms with Gasteiger partial charge in [-0.2, -0.15) is 4.39 Å². The summed E-state index contributed by atoms with van der Waals surface area (Å²) in [6.07, 6.45) is 0.602. The highest BCUT2D eigenvalue weighted by molar-refractivity contribution is 5.87. The van der Waals surface area contributed by atoms with Gasteiger partial charge in [-0.1, -0.05) is 0 Å². The lowest BCUT2D eigenvalue weighted by atomic mass is 10.2. The van der Waals surface area contributed by atoms with Gasteiger partial charge in [0, 0.05) is 6.54 Å². The molecule has 0 aromatic carbocycles. The number of hydrogen-bond acceptors (Lipinski definition) is 3. The Bertz CT molecular complexity index is 205. The van der Waals surface area contributed by atoms with Gasteiger partial charge in [0.1, 0.15) is 0 Å². The van der Waals surface area contributed by atoms with Crippen molar-refractivity contribution in [1.29, 1.82) is 0 Å². The average Bonchev–Trinajstić information content (AvgIpc) is 2.55. The van der Waals surface area contributed by atoms with E-state index in [-0.39, 0.29) is 6.61 Å². The van der Waals surface area contributed by atoms with Gasteiger partial charge in [0.15, 0.2) is 0 Å². The molecule has 3 nitrogen and oxygen atoms in total. The van der Waals surface area contributed by atoms with Crippen molar-refractivity contribution in [2.45, 2.75) is 13.3 Å². The van der Waals surface area contributed by atoms with Crippen LogP contribution < -0.4 is 5.32 Å². The highest BCUT2D eigenvalue weighted by Crippen LogP contribution is 2.14. The standard InChI is InChI=1S/C8H12FNO2/c1-2-12-8(11)7(9)6-3-4-10-5-6/h10H,2-5H2,1H3/b7-6-. The van der Waals surface area contributed by atoms with Crippen LogP contribution in [0.5, 0.6) is 0 Å². The maximum Gasteiger partial charge on any atom is 0.367 e. The first kappa shape index (κ1) is 9.19.